The van der Waals surface area contributed by atoms with Gasteiger partial charge in [0.15, 0.2) is 0 Å². The van der Waals surface area contributed by atoms with E-state index in [2.05, 4.69) is 13.8 Å². The highest BCUT2D eigenvalue weighted by molar-refractivity contribution is 5.67. The minimum Gasteiger partial charge on any atom is -0.481 e. The van der Waals surface area contributed by atoms with E-state index in [4.69, 9.17) is 10.2 Å². The van der Waals surface area contributed by atoms with E-state index in [1.807, 2.05) is 0 Å². The Morgan fingerprint density at radius 2 is 0.821 bits per heavy atom. The summed E-state index contributed by atoms with van der Waals surface area (Å²) in [4.78, 5) is 21.9. The Balaban J connectivity index is 3.63. The van der Waals surface area contributed by atoms with Gasteiger partial charge >= 0.3 is 11.9 Å². The highest BCUT2D eigenvalue weighted by Gasteiger charge is 2.13. The summed E-state index contributed by atoms with van der Waals surface area (Å²) < 4.78 is 0. The summed E-state index contributed by atoms with van der Waals surface area (Å²) in [6.07, 6.45) is 19.3. The third-order valence-corrected chi connectivity index (χ3v) is 5.83. The largest absolute Gasteiger partial charge is 0.481 e. The molecule has 0 fully saturated rings. The van der Waals surface area contributed by atoms with Crippen molar-refractivity contribution in [1.82, 2.24) is 0 Å². The maximum Gasteiger partial charge on any atom is 0.303 e. The van der Waals surface area contributed by atoms with Crippen LogP contribution in [0.15, 0.2) is 0 Å². The van der Waals surface area contributed by atoms with E-state index in [9.17, 15) is 9.59 Å². The van der Waals surface area contributed by atoms with E-state index in [1.165, 1.54) is 38.5 Å². The predicted molar refractivity (Wildman–Crippen MR) is 117 cm³/mol. The maximum atomic E-state index is 11.0. The minimum atomic E-state index is -0.651. The van der Waals surface area contributed by atoms with Gasteiger partial charge in [-0.05, 0) is 37.5 Å². The lowest BCUT2D eigenvalue weighted by Gasteiger charge is -2.14. The van der Waals surface area contributed by atoms with Gasteiger partial charge in [0.05, 0.1) is 0 Å². The van der Waals surface area contributed by atoms with Crippen LogP contribution in [0, 0.1) is 11.8 Å². The average Bonchev–Trinajstić information content (AvgIpc) is 2.64. The minimum absolute atomic E-state index is 0.334. The zero-order valence-electron chi connectivity index (χ0n) is 18.6. The van der Waals surface area contributed by atoms with Gasteiger partial charge in [-0.15, -0.1) is 0 Å². The van der Waals surface area contributed by atoms with Gasteiger partial charge in [-0.25, -0.2) is 0 Å². The van der Waals surface area contributed by atoms with Crippen molar-refractivity contribution in [2.75, 3.05) is 0 Å². The molecule has 0 aliphatic rings. The second-order valence-corrected chi connectivity index (χ2v) is 8.62. The van der Waals surface area contributed by atoms with Crippen molar-refractivity contribution in [3.8, 4) is 0 Å². The summed E-state index contributed by atoms with van der Waals surface area (Å²) in [5, 5.41) is 18.0. The van der Waals surface area contributed by atoms with E-state index < -0.39 is 11.9 Å². The maximum absolute atomic E-state index is 11.0. The lowest BCUT2D eigenvalue weighted by atomic mass is 9.91. The standard InChI is InChI=1S/C24H46O4/c1-3-5-15-21(19-23(25)26)17-13-11-9-7-8-10-12-14-18-22(16-6-4-2)20-24(27)28/h21-22H,3-20H2,1-2H3,(H,25,26)(H,27,28). The van der Waals surface area contributed by atoms with Crippen LogP contribution >= 0.6 is 0 Å². The van der Waals surface area contributed by atoms with Crippen molar-refractivity contribution in [1.29, 1.82) is 0 Å². The van der Waals surface area contributed by atoms with Crippen molar-refractivity contribution in [3.63, 3.8) is 0 Å². The normalized spacial score (nSPS) is 13.4. The number of aliphatic carboxylic acids is 2. The Kier molecular flexibility index (Phi) is 18.5. The number of carboxylic acid groups (broad SMARTS) is 2. The van der Waals surface area contributed by atoms with Gasteiger partial charge in [0, 0.05) is 12.8 Å². The van der Waals surface area contributed by atoms with E-state index in [1.54, 1.807) is 0 Å². The number of unbranched alkanes of at least 4 members (excludes halogenated alkanes) is 9. The monoisotopic (exact) mass is 398 g/mol. The molecule has 0 saturated heterocycles. The van der Waals surface area contributed by atoms with Crippen LogP contribution in [0.1, 0.15) is 129 Å². The number of rotatable bonds is 21. The molecule has 0 aromatic rings. The zero-order valence-corrected chi connectivity index (χ0v) is 18.6. The first-order valence-electron chi connectivity index (χ1n) is 11.9. The van der Waals surface area contributed by atoms with Gasteiger partial charge in [-0.1, -0.05) is 90.9 Å². The van der Waals surface area contributed by atoms with Gasteiger partial charge < -0.3 is 10.2 Å². The fourth-order valence-electron chi connectivity index (χ4n) is 4.10. The van der Waals surface area contributed by atoms with Gasteiger partial charge in [-0.3, -0.25) is 9.59 Å². The van der Waals surface area contributed by atoms with Gasteiger partial charge in [0.25, 0.3) is 0 Å². The first-order valence-corrected chi connectivity index (χ1v) is 11.9. The fraction of sp³-hybridized carbons (Fsp3) is 0.917. The molecule has 0 radical (unpaired) electrons. The van der Waals surface area contributed by atoms with Crippen LogP contribution in [0.3, 0.4) is 0 Å². The summed E-state index contributed by atoms with van der Waals surface area (Å²) in [5.41, 5.74) is 0. The van der Waals surface area contributed by atoms with E-state index in [-0.39, 0.29) is 0 Å². The fourth-order valence-corrected chi connectivity index (χ4v) is 4.10. The van der Waals surface area contributed by atoms with Crippen molar-refractivity contribution in [3.05, 3.63) is 0 Å². The molecular weight excluding hydrogens is 352 g/mol. The Morgan fingerprint density at radius 3 is 1.11 bits per heavy atom. The molecular formula is C24H46O4. The smallest absolute Gasteiger partial charge is 0.303 e. The molecule has 0 saturated carbocycles. The van der Waals surface area contributed by atoms with Crippen molar-refractivity contribution in [2.45, 2.75) is 129 Å². The molecule has 0 bridgehead atoms. The van der Waals surface area contributed by atoms with Crippen LogP contribution in [0.4, 0.5) is 0 Å². The third-order valence-electron chi connectivity index (χ3n) is 5.83. The molecule has 166 valence electrons. The Labute approximate surface area is 173 Å². The van der Waals surface area contributed by atoms with Crippen molar-refractivity contribution < 1.29 is 19.8 Å². The summed E-state index contributed by atoms with van der Waals surface area (Å²) >= 11 is 0. The number of carboxylic acids is 2. The first-order chi connectivity index (χ1) is 13.5. The second kappa shape index (κ2) is 19.3. The third kappa shape index (κ3) is 18.3. The molecule has 0 aliphatic carbocycles. The Morgan fingerprint density at radius 1 is 0.536 bits per heavy atom. The van der Waals surface area contributed by atoms with Crippen molar-refractivity contribution >= 4 is 11.9 Å². The Bertz CT molecular complexity index is 345. The highest BCUT2D eigenvalue weighted by Crippen LogP contribution is 2.22. The lowest BCUT2D eigenvalue weighted by molar-refractivity contribution is -0.139. The number of carbonyl (C=O) groups is 2. The summed E-state index contributed by atoms with van der Waals surface area (Å²) in [7, 11) is 0. The van der Waals surface area contributed by atoms with Crippen LogP contribution in [-0.4, -0.2) is 22.2 Å². The van der Waals surface area contributed by atoms with Crippen LogP contribution < -0.4 is 0 Å². The molecule has 2 N–H and O–H groups in total. The summed E-state index contributed by atoms with van der Waals surface area (Å²) in [6.45, 7) is 4.32. The number of hydrogen-bond acceptors (Lipinski definition) is 2. The van der Waals surface area contributed by atoms with Crippen LogP contribution in [0.2, 0.25) is 0 Å². The quantitative estimate of drug-likeness (QED) is 0.197. The average molecular weight is 399 g/mol. The molecule has 0 amide bonds. The van der Waals surface area contributed by atoms with E-state index >= 15 is 0 Å². The van der Waals surface area contributed by atoms with Crippen molar-refractivity contribution in [2.24, 2.45) is 11.8 Å². The topological polar surface area (TPSA) is 74.6 Å². The molecule has 2 unspecified atom stereocenters. The van der Waals surface area contributed by atoms with Crippen LogP contribution in [0.5, 0.6) is 0 Å². The van der Waals surface area contributed by atoms with Gasteiger partial charge in [0.2, 0.25) is 0 Å². The highest BCUT2D eigenvalue weighted by atomic mass is 16.4. The van der Waals surface area contributed by atoms with Gasteiger partial charge in [0.1, 0.15) is 0 Å². The van der Waals surface area contributed by atoms with Crippen LogP contribution in [-0.2, 0) is 9.59 Å². The lowest BCUT2D eigenvalue weighted by Crippen LogP contribution is -2.08. The molecule has 0 rings (SSSR count). The second-order valence-electron chi connectivity index (χ2n) is 8.62. The molecule has 0 aromatic heterocycles. The molecule has 0 aromatic carbocycles. The number of hydrogen-bond donors (Lipinski definition) is 2. The molecule has 0 heterocycles. The summed E-state index contributed by atoms with van der Waals surface area (Å²) in [6, 6.07) is 0. The van der Waals surface area contributed by atoms with Crippen LogP contribution in [0.25, 0.3) is 0 Å². The summed E-state index contributed by atoms with van der Waals surface area (Å²) in [5.74, 6) is -0.574. The zero-order chi connectivity index (χ0) is 21.0. The predicted octanol–water partition coefficient (Wildman–Crippen LogP) is 7.45. The molecule has 4 nitrogen and oxygen atoms in total. The molecule has 0 aliphatic heterocycles. The molecule has 4 heteroatoms. The molecule has 2 atom stereocenters. The molecule has 0 spiro atoms. The Hall–Kier alpha value is -1.06. The van der Waals surface area contributed by atoms with E-state index in [0.717, 1.165) is 64.2 Å². The van der Waals surface area contributed by atoms with E-state index in [0.29, 0.717) is 24.7 Å². The van der Waals surface area contributed by atoms with Gasteiger partial charge in [-0.2, -0.15) is 0 Å². The molecule has 28 heavy (non-hydrogen) atoms. The first kappa shape index (κ1) is 26.9. The SMILES string of the molecule is CCCCC(CCCCCCCCCCC(CCCC)CC(=O)O)CC(=O)O.